The summed E-state index contributed by atoms with van der Waals surface area (Å²) in [6.07, 6.45) is 1.49. The summed E-state index contributed by atoms with van der Waals surface area (Å²) in [5, 5.41) is 12.1. The van der Waals surface area contributed by atoms with E-state index in [1.165, 1.54) is 6.08 Å². The van der Waals surface area contributed by atoms with Gasteiger partial charge in [-0.2, -0.15) is 0 Å². The average molecular weight is 205 g/mol. The first-order chi connectivity index (χ1) is 6.99. The summed E-state index contributed by atoms with van der Waals surface area (Å²) in [6, 6.07) is 5.12. The highest BCUT2D eigenvalue weighted by Gasteiger charge is 2.03. The van der Waals surface area contributed by atoms with Crippen molar-refractivity contribution in [2.24, 2.45) is 0 Å². The van der Waals surface area contributed by atoms with Crippen molar-refractivity contribution in [3.63, 3.8) is 0 Å². The molecule has 0 aliphatic heterocycles. The number of allylic oxidation sites excluding steroid dienone is 1. The average Bonchev–Trinajstić information content (AvgIpc) is 2.08. The van der Waals surface area contributed by atoms with Gasteiger partial charge >= 0.3 is 0 Å². The van der Waals surface area contributed by atoms with Crippen LogP contribution in [0.4, 0.5) is 5.69 Å². The number of nitrogens with one attached hydrogen (secondary N) is 1. The van der Waals surface area contributed by atoms with Gasteiger partial charge in [0.25, 0.3) is 0 Å². The number of hydrogen-bond acceptors (Lipinski definition) is 2. The van der Waals surface area contributed by atoms with Gasteiger partial charge in [-0.1, -0.05) is 11.6 Å². The van der Waals surface area contributed by atoms with Gasteiger partial charge in [0.15, 0.2) is 0 Å². The van der Waals surface area contributed by atoms with E-state index in [-0.39, 0.29) is 11.7 Å². The molecule has 0 unspecified atom stereocenters. The number of phenols is 1. The number of aryl methyl sites for hydroxylation is 1. The molecule has 0 fully saturated rings. The van der Waals surface area contributed by atoms with Crippen molar-refractivity contribution in [2.45, 2.75) is 20.8 Å². The molecule has 1 aromatic rings. The van der Waals surface area contributed by atoms with E-state index >= 15 is 0 Å². The van der Waals surface area contributed by atoms with Crippen LogP contribution in [0.5, 0.6) is 5.75 Å². The summed E-state index contributed by atoms with van der Waals surface area (Å²) in [6.45, 7) is 5.56. The molecule has 1 rings (SSSR count). The van der Waals surface area contributed by atoms with E-state index in [1.54, 1.807) is 12.1 Å². The molecule has 15 heavy (non-hydrogen) atoms. The van der Waals surface area contributed by atoms with E-state index in [2.05, 4.69) is 5.32 Å². The van der Waals surface area contributed by atoms with Crippen molar-refractivity contribution in [1.82, 2.24) is 0 Å². The van der Waals surface area contributed by atoms with Crippen molar-refractivity contribution >= 4 is 11.6 Å². The number of aromatic hydroxyl groups is 1. The highest BCUT2D eigenvalue weighted by Crippen LogP contribution is 2.23. The Morgan fingerprint density at radius 3 is 2.60 bits per heavy atom. The molecular weight excluding hydrogens is 190 g/mol. The monoisotopic (exact) mass is 205 g/mol. The highest BCUT2D eigenvalue weighted by molar-refractivity contribution is 6.00. The highest BCUT2D eigenvalue weighted by atomic mass is 16.3. The maximum Gasteiger partial charge on any atom is 0.248 e. The molecule has 0 atom stereocenters. The molecule has 0 saturated carbocycles. The number of hydrogen-bond donors (Lipinski definition) is 2. The summed E-state index contributed by atoms with van der Waals surface area (Å²) in [7, 11) is 0. The van der Waals surface area contributed by atoms with Crippen LogP contribution in [-0.4, -0.2) is 11.0 Å². The van der Waals surface area contributed by atoms with Crippen molar-refractivity contribution in [3.8, 4) is 5.75 Å². The molecule has 2 N–H and O–H groups in total. The predicted molar refractivity (Wildman–Crippen MR) is 60.9 cm³/mol. The number of rotatable bonds is 2. The number of carbonyl (C=O) groups excluding carboxylic acids is 1. The van der Waals surface area contributed by atoms with E-state index in [4.69, 9.17) is 0 Å². The van der Waals surface area contributed by atoms with Crippen LogP contribution in [0.1, 0.15) is 19.4 Å². The lowest BCUT2D eigenvalue weighted by molar-refractivity contribution is -0.112. The Hall–Kier alpha value is -1.77. The van der Waals surface area contributed by atoms with Crippen molar-refractivity contribution < 1.29 is 9.90 Å². The Labute approximate surface area is 89.4 Å². The second-order valence-corrected chi connectivity index (χ2v) is 3.73. The van der Waals surface area contributed by atoms with Gasteiger partial charge in [-0.05, 0) is 38.5 Å². The third kappa shape index (κ3) is 3.46. The van der Waals surface area contributed by atoms with Gasteiger partial charge in [-0.3, -0.25) is 4.79 Å². The van der Waals surface area contributed by atoms with Crippen LogP contribution in [-0.2, 0) is 4.79 Å². The summed E-state index contributed by atoms with van der Waals surface area (Å²) in [5.41, 5.74) is 2.30. The molecule has 0 spiro atoms. The standard InChI is InChI=1S/C12H15NO2/c1-8(2)6-12(15)13-10-5-4-9(3)7-11(10)14/h4-7,14H,1-3H3,(H,13,15). The Morgan fingerprint density at radius 1 is 1.40 bits per heavy atom. The minimum absolute atomic E-state index is 0.0884. The molecule has 0 saturated heterocycles. The number of amides is 1. The molecule has 0 aromatic heterocycles. The minimum atomic E-state index is -0.228. The molecule has 80 valence electrons. The smallest absolute Gasteiger partial charge is 0.248 e. The maximum absolute atomic E-state index is 11.4. The maximum atomic E-state index is 11.4. The Bertz CT molecular complexity index is 404. The molecule has 0 bridgehead atoms. The molecule has 0 radical (unpaired) electrons. The largest absolute Gasteiger partial charge is 0.506 e. The topological polar surface area (TPSA) is 49.3 Å². The van der Waals surface area contributed by atoms with Crippen LogP contribution in [0, 0.1) is 6.92 Å². The van der Waals surface area contributed by atoms with E-state index in [0.717, 1.165) is 11.1 Å². The lowest BCUT2D eigenvalue weighted by Crippen LogP contribution is -2.08. The van der Waals surface area contributed by atoms with Crippen molar-refractivity contribution in [3.05, 3.63) is 35.4 Å². The number of benzene rings is 1. The molecular formula is C12H15NO2. The van der Waals surface area contributed by atoms with Gasteiger partial charge < -0.3 is 10.4 Å². The van der Waals surface area contributed by atoms with Gasteiger partial charge in [0.05, 0.1) is 5.69 Å². The van der Waals surface area contributed by atoms with Crippen LogP contribution >= 0.6 is 0 Å². The van der Waals surface area contributed by atoms with Gasteiger partial charge in [0.1, 0.15) is 5.75 Å². The minimum Gasteiger partial charge on any atom is -0.506 e. The van der Waals surface area contributed by atoms with E-state index in [0.29, 0.717) is 5.69 Å². The summed E-state index contributed by atoms with van der Waals surface area (Å²) >= 11 is 0. The summed E-state index contributed by atoms with van der Waals surface area (Å²) in [5.74, 6) is -0.139. The molecule has 1 amide bonds. The number of anilines is 1. The molecule has 0 heterocycles. The van der Waals surface area contributed by atoms with Crippen LogP contribution < -0.4 is 5.32 Å². The molecule has 3 heteroatoms. The second-order valence-electron chi connectivity index (χ2n) is 3.73. The normalized spacial score (nSPS) is 9.53. The van der Waals surface area contributed by atoms with Gasteiger partial charge in [-0.15, -0.1) is 0 Å². The molecule has 3 nitrogen and oxygen atoms in total. The van der Waals surface area contributed by atoms with Crippen LogP contribution in [0.25, 0.3) is 0 Å². The van der Waals surface area contributed by atoms with E-state index in [1.807, 2.05) is 26.8 Å². The Balaban J connectivity index is 2.82. The van der Waals surface area contributed by atoms with Gasteiger partial charge in [0, 0.05) is 6.08 Å². The fourth-order valence-corrected chi connectivity index (χ4v) is 1.18. The summed E-state index contributed by atoms with van der Waals surface area (Å²) < 4.78 is 0. The van der Waals surface area contributed by atoms with Crippen LogP contribution in [0.3, 0.4) is 0 Å². The lowest BCUT2D eigenvalue weighted by Gasteiger charge is -2.05. The fourth-order valence-electron chi connectivity index (χ4n) is 1.18. The first-order valence-electron chi connectivity index (χ1n) is 4.74. The van der Waals surface area contributed by atoms with Crippen LogP contribution in [0.2, 0.25) is 0 Å². The Morgan fingerprint density at radius 2 is 2.07 bits per heavy atom. The molecule has 0 aliphatic carbocycles. The number of carbonyl (C=O) groups is 1. The molecule has 1 aromatic carbocycles. The quantitative estimate of drug-likeness (QED) is 0.576. The lowest BCUT2D eigenvalue weighted by atomic mass is 10.2. The van der Waals surface area contributed by atoms with E-state index in [9.17, 15) is 9.90 Å². The SMILES string of the molecule is CC(C)=CC(=O)Nc1ccc(C)cc1O. The zero-order chi connectivity index (χ0) is 11.4. The van der Waals surface area contributed by atoms with E-state index < -0.39 is 0 Å². The number of phenolic OH excluding ortho intramolecular Hbond substituents is 1. The molecule has 0 aliphatic rings. The van der Waals surface area contributed by atoms with Gasteiger partial charge in [-0.25, -0.2) is 0 Å². The fraction of sp³-hybridized carbons (Fsp3) is 0.250. The zero-order valence-corrected chi connectivity index (χ0v) is 9.16. The van der Waals surface area contributed by atoms with Gasteiger partial charge in [0.2, 0.25) is 5.91 Å². The Kier molecular flexibility index (Phi) is 3.50. The zero-order valence-electron chi connectivity index (χ0n) is 9.16. The van der Waals surface area contributed by atoms with Crippen molar-refractivity contribution in [1.29, 1.82) is 0 Å². The predicted octanol–water partition coefficient (Wildman–Crippen LogP) is 2.61. The first kappa shape index (κ1) is 11.3. The third-order valence-corrected chi connectivity index (χ3v) is 1.83. The summed E-state index contributed by atoms with van der Waals surface area (Å²) in [4.78, 5) is 11.4. The third-order valence-electron chi connectivity index (χ3n) is 1.83. The second kappa shape index (κ2) is 4.64. The first-order valence-corrected chi connectivity index (χ1v) is 4.74. The van der Waals surface area contributed by atoms with Crippen LogP contribution in [0.15, 0.2) is 29.8 Å². The van der Waals surface area contributed by atoms with Crippen molar-refractivity contribution in [2.75, 3.05) is 5.32 Å².